The van der Waals surface area contributed by atoms with Gasteiger partial charge in [0.15, 0.2) is 19.9 Å². The molecule has 7 nitrogen and oxygen atoms in total. The second kappa shape index (κ2) is 21.6. The average molecular weight is 1100 g/mol. The van der Waals surface area contributed by atoms with Gasteiger partial charge in [-0.3, -0.25) is 14.2 Å². The molecule has 0 saturated carbocycles. The number of nitrogens with zero attached hydrogens (tertiary/aromatic N) is 1. The smallest absolute Gasteiger partial charge is 0.455 e. The summed E-state index contributed by atoms with van der Waals surface area (Å²) >= 11 is 0. The van der Waals surface area contributed by atoms with Gasteiger partial charge in [0.2, 0.25) is 0 Å². The van der Waals surface area contributed by atoms with Crippen LogP contribution in [0.4, 0.5) is 13.2 Å². The normalized spacial score (nSPS) is 11.4. The van der Waals surface area contributed by atoms with E-state index in [2.05, 4.69) is 6.58 Å². The number of aromatic hydroxyl groups is 1. The van der Waals surface area contributed by atoms with E-state index in [9.17, 15) is 37.0 Å². The van der Waals surface area contributed by atoms with Gasteiger partial charge in [0.05, 0.1) is 0 Å². The van der Waals surface area contributed by atoms with E-state index < -0.39 is 43.1 Å². The number of alkyl halides is 3. The van der Waals surface area contributed by atoms with Crippen molar-refractivity contribution in [1.82, 2.24) is 4.57 Å². The summed E-state index contributed by atoms with van der Waals surface area (Å²) in [6, 6.07) is 66.2. The van der Waals surface area contributed by atoms with Crippen LogP contribution in [0.1, 0.15) is 17.3 Å². The molecule has 0 aliphatic heterocycles. The molecule has 13 heteroatoms. The fraction of sp³-hybridized carbons (Fsp3) is 0.0357. The number of aromatic nitrogens is 1. The number of furan rings is 1. The van der Waals surface area contributed by atoms with Crippen LogP contribution in [0.25, 0.3) is 38.5 Å². The molecule has 0 atom stereocenters. The summed E-state index contributed by atoms with van der Waals surface area (Å²) in [5.41, 5.74) is -1.61. The van der Waals surface area contributed by atoms with Crippen molar-refractivity contribution < 1.29 is 86.0 Å². The molecule has 2 heterocycles. The number of benzene rings is 8. The SMILES string of the molecule is C=C(C)P(=O)(c1ccccc1)c1ccccc1.O=C(c1c(O)c2ccc3c4ccccc4oc3c2n(-c2ccccc2)c1=O)C(F)(F)F.O=P(c1ccccc1)(c1ccccc1)c1ccccc1.[Eu]. The van der Waals surface area contributed by atoms with E-state index in [-0.39, 0.29) is 71.6 Å². The van der Waals surface area contributed by atoms with Crippen molar-refractivity contribution in [2.45, 2.75) is 13.1 Å². The molecular weight excluding hydrogens is 1050 g/mol. The molecule has 0 amide bonds. The summed E-state index contributed by atoms with van der Waals surface area (Å²) in [7, 11) is -5.47. The van der Waals surface area contributed by atoms with Crippen LogP contribution in [0.5, 0.6) is 5.75 Å². The van der Waals surface area contributed by atoms with Crippen molar-refractivity contribution in [3.8, 4) is 11.4 Å². The largest absolute Gasteiger partial charge is 0.506 e. The summed E-state index contributed by atoms with van der Waals surface area (Å²) in [5, 5.41) is 16.9. The van der Waals surface area contributed by atoms with Crippen LogP contribution in [0.15, 0.2) is 239 Å². The third-order valence-electron chi connectivity index (χ3n) is 11.3. The molecule has 0 aliphatic rings. The Balaban J connectivity index is 0.000000161. The Morgan fingerprint density at radius 3 is 1.35 bits per heavy atom. The standard InChI is InChI=1S/C23H12F3NO4.C18H15OP.C15H15OP.Eu/c24-23(25,26)21(29)17-19(28)15-11-10-14-13-8-4-5-9-16(13)31-20(14)18(15)27(22(17)30)12-6-2-1-3-7-12;19-20(16-10-4-1-5-11-16,17-12-6-2-7-13-17)18-14-8-3-9-15-18;1-13(2)17(16,14-9-5-3-6-10-14)15-11-7-4-8-12-15;/h1-11,28H;1-15H;3-12H,1H2,2H3;. The average Bonchev–Trinajstić information content (AvgIpc) is 3.77. The molecule has 0 bridgehead atoms. The van der Waals surface area contributed by atoms with Crippen molar-refractivity contribution in [3.63, 3.8) is 0 Å². The minimum Gasteiger partial charge on any atom is -0.506 e. The third-order valence-corrected chi connectivity index (χ3v) is 17.5. The van der Waals surface area contributed by atoms with E-state index in [1.54, 1.807) is 48.5 Å². The molecule has 8 aromatic carbocycles. The Morgan fingerprint density at radius 1 is 0.551 bits per heavy atom. The minimum absolute atomic E-state index is 0. The van der Waals surface area contributed by atoms with Crippen LogP contribution < -0.4 is 32.1 Å². The van der Waals surface area contributed by atoms with Gasteiger partial charge in [0.1, 0.15) is 22.4 Å². The number of fused-ring (bicyclic) bond motifs is 5. The predicted molar refractivity (Wildman–Crippen MR) is 269 cm³/mol. The third kappa shape index (κ3) is 10.1. The van der Waals surface area contributed by atoms with E-state index in [4.69, 9.17) is 4.42 Å². The van der Waals surface area contributed by atoms with Gasteiger partial charge >= 0.3 is 6.18 Å². The molecular formula is C56H42EuF3NO6P2. The molecule has 0 saturated heterocycles. The zero-order valence-electron chi connectivity index (χ0n) is 36.8. The Labute approximate surface area is 436 Å². The maximum absolute atomic E-state index is 13.8. The van der Waals surface area contributed by atoms with E-state index in [0.717, 1.165) is 41.8 Å². The molecule has 0 unspecified atom stereocenters. The molecule has 10 aromatic rings. The number of ketones is 1. The van der Waals surface area contributed by atoms with Gasteiger partial charge in [-0.15, -0.1) is 0 Å². The predicted octanol–water partition coefficient (Wildman–Crippen LogP) is 12.2. The maximum atomic E-state index is 13.8. The van der Waals surface area contributed by atoms with E-state index in [1.165, 1.54) is 18.2 Å². The molecule has 1 N–H and O–H groups in total. The number of hydrogen-bond donors (Lipinski definition) is 1. The topological polar surface area (TPSA) is 107 Å². The van der Waals surface area contributed by atoms with E-state index in [1.807, 2.05) is 159 Å². The van der Waals surface area contributed by atoms with Gasteiger partial charge in [-0.05, 0) is 42.6 Å². The quantitative estimate of drug-likeness (QED) is 0.120. The van der Waals surface area contributed by atoms with Crippen molar-refractivity contribution in [1.29, 1.82) is 0 Å². The first-order valence-corrected chi connectivity index (χ1v) is 24.7. The van der Waals surface area contributed by atoms with Gasteiger partial charge in [-0.2, -0.15) is 13.2 Å². The van der Waals surface area contributed by atoms with Crippen molar-refractivity contribution >= 4 is 79.4 Å². The molecule has 1 radical (unpaired) electrons. The summed E-state index contributed by atoms with van der Waals surface area (Å²) in [6.45, 7) is 5.75. The van der Waals surface area contributed by atoms with E-state index in [0.29, 0.717) is 11.0 Å². The van der Waals surface area contributed by atoms with Crippen LogP contribution >= 0.6 is 14.3 Å². The van der Waals surface area contributed by atoms with E-state index >= 15 is 0 Å². The number of carbonyl (C=O) groups excluding carboxylic acids is 1. The molecule has 0 aliphatic carbocycles. The summed E-state index contributed by atoms with van der Waals surface area (Å²) in [5.74, 6) is -3.44. The van der Waals surface area contributed by atoms with Crippen molar-refractivity contribution in [2.24, 2.45) is 0 Å². The number of halogens is 3. The number of pyridine rings is 1. The molecule has 69 heavy (non-hydrogen) atoms. The zero-order valence-corrected chi connectivity index (χ0v) is 41.0. The van der Waals surface area contributed by atoms with Crippen LogP contribution in [-0.4, -0.2) is 21.6 Å². The van der Waals surface area contributed by atoms with Gasteiger partial charge in [-0.25, -0.2) is 0 Å². The maximum Gasteiger partial charge on any atom is 0.455 e. The van der Waals surface area contributed by atoms with Gasteiger partial charge in [-0.1, -0.05) is 195 Å². The van der Waals surface area contributed by atoms with Crippen LogP contribution in [0.2, 0.25) is 0 Å². The fourth-order valence-corrected chi connectivity index (χ4v) is 13.1. The number of allylic oxidation sites excluding steroid dienone is 1. The minimum atomic E-state index is -5.33. The van der Waals surface area contributed by atoms with Crippen LogP contribution in [0, 0.1) is 49.4 Å². The summed E-state index contributed by atoms with van der Waals surface area (Å²) < 4.78 is 73.5. The first kappa shape index (κ1) is 50.7. The van der Waals surface area contributed by atoms with Gasteiger partial charge in [0.25, 0.3) is 11.3 Å². The van der Waals surface area contributed by atoms with Crippen molar-refractivity contribution in [2.75, 3.05) is 0 Å². The molecule has 0 fully saturated rings. The molecule has 345 valence electrons. The van der Waals surface area contributed by atoms with Gasteiger partial charge in [0, 0.05) is 97.7 Å². The van der Waals surface area contributed by atoms with Crippen LogP contribution in [0.3, 0.4) is 0 Å². The second-order valence-electron chi connectivity index (χ2n) is 15.6. The first-order valence-electron chi connectivity index (χ1n) is 21.3. The molecule has 10 rings (SSSR count). The monoisotopic (exact) mass is 1100 g/mol. The summed E-state index contributed by atoms with van der Waals surface area (Å²) in [4.78, 5) is 25.2. The molecule has 2 aromatic heterocycles. The Bertz CT molecular complexity index is 3430. The number of Topliss-reactive ketones (excluding diaryl/α,β-unsaturated/α-hetero) is 1. The zero-order chi connectivity index (χ0) is 48.1. The molecule has 0 spiro atoms. The Hall–Kier alpha value is -6.19. The first-order chi connectivity index (χ1) is 32.8. The number of hydrogen-bond acceptors (Lipinski definition) is 6. The van der Waals surface area contributed by atoms with Crippen molar-refractivity contribution in [3.05, 3.63) is 246 Å². The Morgan fingerprint density at radius 2 is 0.928 bits per heavy atom. The van der Waals surface area contributed by atoms with Gasteiger partial charge < -0.3 is 18.7 Å². The number of para-hydroxylation sites is 2. The summed E-state index contributed by atoms with van der Waals surface area (Å²) in [6.07, 6.45) is -5.33. The van der Waals surface area contributed by atoms with Crippen LogP contribution in [-0.2, 0) is 9.13 Å². The number of carbonyl (C=O) groups is 1. The number of rotatable bonds is 8. The second-order valence-corrected chi connectivity index (χ2v) is 21.4. The fourth-order valence-electron chi connectivity index (χ4n) is 8.03. The Kier molecular flexibility index (Phi) is 15.9.